The van der Waals surface area contributed by atoms with Gasteiger partial charge in [0.1, 0.15) is 6.10 Å². The van der Waals surface area contributed by atoms with Gasteiger partial charge in [0, 0.05) is 5.92 Å². The molecule has 0 aromatic heterocycles. The van der Waals surface area contributed by atoms with Crippen molar-refractivity contribution in [2.24, 2.45) is 11.8 Å². The average Bonchev–Trinajstić information content (AvgIpc) is 2.46. The van der Waals surface area contributed by atoms with Crippen LogP contribution in [0.25, 0.3) is 0 Å². The van der Waals surface area contributed by atoms with Gasteiger partial charge in [0.25, 0.3) is 0 Å². The van der Waals surface area contributed by atoms with Crippen molar-refractivity contribution in [1.29, 1.82) is 0 Å². The Morgan fingerprint density at radius 2 is 2.15 bits per heavy atom. The highest BCUT2D eigenvalue weighted by atomic mass is 16.6. The van der Waals surface area contributed by atoms with E-state index in [2.05, 4.69) is 6.92 Å². The third kappa shape index (κ3) is 1.59. The van der Waals surface area contributed by atoms with Gasteiger partial charge in [-0.2, -0.15) is 0 Å². The summed E-state index contributed by atoms with van der Waals surface area (Å²) in [5, 5.41) is 0. The molecule has 3 atom stereocenters. The van der Waals surface area contributed by atoms with E-state index in [1.807, 2.05) is 0 Å². The van der Waals surface area contributed by atoms with E-state index in [9.17, 15) is 4.79 Å². The Bertz CT molecular complexity index is 200. The number of esters is 1. The largest absolute Gasteiger partial charge is 0.462 e. The second kappa shape index (κ2) is 3.69. The lowest BCUT2D eigenvalue weighted by molar-refractivity contribution is -0.144. The molecule has 1 saturated heterocycles. The zero-order chi connectivity index (χ0) is 9.26. The Hall–Kier alpha value is -0.530. The molecule has 74 valence electrons. The second-order valence-corrected chi connectivity index (χ2v) is 4.32. The van der Waals surface area contributed by atoms with E-state index in [-0.39, 0.29) is 18.0 Å². The summed E-state index contributed by atoms with van der Waals surface area (Å²) < 4.78 is 5.41. The Morgan fingerprint density at radius 1 is 1.38 bits per heavy atom. The molecular formula is C11H18O2. The molecule has 0 N–H and O–H groups in total. The predicted molar refractivity (Wildman–Crippen MR) is 50.2 cm³/mol. The monoisotopic (exact) mass is 182 g/mol. The molecule has 1 aliphatic carbocycles. The summed E-state index contributed by atoms with van der Waals surface area (Å²) in [6, 6.07) is 0. The van der Waals surface area contributed by atoms with Gasteiger partial charge in [0.15, 0.2) is 0 Å². The van der Waals surface area contributed by atoms with Crippen LogP contribution in [0.15, 0.2) is 0 Å². The molecule has 1 heterocycles. The van der Waals surface area contributed by atoms with E-state index in [0.29, 0.717) is 5.92 Å². The minimum atomic E-state index is 0.0863. The van der Waals surface area contributed by atoms with Crippen molar-refractivity contribution in [2.75, 3.05) is 0 Å². The van der Waals surface area contributed by atoms with Gasteiger partial charge < -0.3 is 4.74 Å². The van der Waals surface area contributed by atoms with Crippen LogP contribution < -0.4 is 0 Å². The van der Waals surface area contributed by atoms with Crippen molar-refractivity contribution >= 4 is 5.97 Å². The van der Waals surface area contributed by atoms with Gasteiger partial charge in [-0.25, -0.2) is 0 Å². The Kier molecular flexibility index (Phi) is 2.56. The molecule has 0 spiro atoms. The van der Waals surface area contributed by atoms with Gasteiger partial charge in [-0.3, -0.25) is 4.79 Å². The first-order valence-electron chi connectivity index (χ1n) is 5.53. The van der Waals surface area contributed by atoms with Gasteiger partial charge in [-0.15, -0.1) is 0 Å². The van der Waals surface area contributed by atoms with Gasteiger partial charge in [0.05, 0.1) is 5.92 Å². The van der Waals surface area contributed by atoms with Crippen LogP contribution in [0.3, 0.4) is 0 Å². The lowest BCUT2D eigenvalue weighted by Crippen LogP contribution is -2.24. The number of cyclic esters (lactones) is 1. The summed E-state index contributed by atoms with van der Waals surface area (Å²) in [6.45, 7) is 2.16. The van der Waals surface area contributed by atoms with Crippen molar-refractivity contribution in [3.8, 4) is 0 Å². The molecule has 2 heteroatoms. The molecular weight excluding hydrogens is 164 g/mol. The first kappa shape index (κ1) is 9.04. The molecule has 0 unspecified atom stereocenters. The van der Waals surface area contributed by atoms with Crippen LogP contribution in [-0.2, 0) is 9.53 Å². The van der Waals surface area contributed by atoms with Gasteiger partial charge in [0.2, 0.25) is 0 Å². The van der Waals surface area contributed by atoms with Crippen molar-refractivity contribution < 1.29 is 9.53 Å². The van der Waals surface area contributed by atoms with Crippen LogP contribution >= 0.6 is 0 Å². The predicted octanol–water partition coefficient (Wildman–Crippen LogP) is 2.52. The number of ether oxygens (including phenoxy) is 1. The normalized spacial score (nSPS) is 38.5. The van der Waals surface area contributed by atoms with Crippen LogP contribution in [0, 0.1) is 11.8 Å². The summed E-state index contributed by atoms with van der Waals surface area (Å²) >= 11 is 0. The maximum Gasteiger partial charge on any atom is 0.309 e. The average molecular weight is 182 g/mol. The molecule has 0 aromatic rings. The fraction of sp³-hybridized carbons (Fsp3) is 0.909. The lowest BCUT2D eigenvalue weighted by atomic mass is 9.77. The van der Waals surface area contributed by atoms with Crippen molar-refractivity contribution in [2.45, 2.75) is 51.6 Å². The highest BCUT2D eigenvalue weighted by Crippen LogP contribution is 2.40. The summed E-state index contributed by atoms with van der Waals surface area (Å²) in [7, 11) is 0. The minimum Gasteiger partial charge on any atom is -0.462 e. The van der Waals surface area contributed by atoms with E-state index in [4.69, 9.17) is 4.74 Å². The molecule has 0 amide bonds. The standard InChI is InChI=1S/C11H18O2/c1-2-5-10-8-6-3-4-7-9(8)11(12)13-10/h8-10H,2-7H2,1H3/t8-,9+,10+/m0/s1. The molecule has 0 radical (unpaired) electrons. The summed E-state index contributed by atoms with van der Waals surface area (Å²) in [5.41, 5.74) is 0. The number of hydrogen-bond donors (Lipinski definition) is 0. The summed E-state index contributed by atoms with van der Waals surface area (Å²) in [5.74, 6) is 0.898. The molecule has 0 aromatic carbocycles. The smallest absolute Gasteiger partial charge is 0.309 e. The Morgan fingerprint density at radius 3 is 2.92 bits per heavy atom. The zero-order valence-corrected chi connectivity index (χ0v) is 8.29. The highest BCUT2D eigenvalue weighted by Gasteiger charge is 2.44. The van der Waals surface area contributed by atoms with Crippen molar-refractivity contribution in [3.05, 3.63) is 0 Å². The van der Waals surface area contributed by atoms with E-state index >= 15 is 0 Å². The maximum atomic E-state index is 11.5. The fourth-order valence-corrected chi connectivity index (χ4v) is 2.78. The molecule has 2 aliphatic rings. The van der Waals surface area contributed by atoms with Crippen LogP contribution in [0.5, 0.6) is 0 Å². The van der Waals surface area contributed by atoms with Crippen molar-refractivity contribution in [1.82, 2.24) is 0 Å². The number of carbonyl (C=O) groups is 1. The van der Waals surface area contributed by atoms with E-state index in [1.54, 1.807) is 0 Å². The summed E-state index contributed by atoms with van der Waals surface area (Å²) in [6.07, 6.45) is 7.23. The molecule has 2 rings (SSSR count). The van der Waals surface area contributed by atoms with Crippen LogP contribution in [0.1, 0.15) is 45.4 Å². The molecule has 1 saturated carbocycles. The van der Waals surface area contributed by atoms with E-state index < -0.39 is 0 Å². The summed E-state index contributed by atoms with van der Waals surface area (Å²) in [4.78, 5) is 11.5. The Labute approximate surface area is 79.7 Å². The SMILES string of the molecule is CCC[C@H]1OC(=O)[C@@H]2CCCC[C@H]12. The first-order valence-corrected chi connectivity index (χ1v) is 5.53. The van der Waals surface area contributed by atoms with Gasteiger partial charge in [-0.1, -0.05) is 26.2 Å². The van der Waals surface area contributed by atoms with Crippen LogP contribution in [-0.4, -0.2) is 12.1 Å². The number of carbonyl (C=O) groups excluding carboxylic acids is 1. The fourth-order valence-electron chi connectivity index (χ4n) is 2.78. The second-order valence-electron chi connectivity index (χ2n) is 4.32. The maximum absolute atomic E-state index is 11.5. The van der Waals surface area contributed by atoms with Gasteiger partial charge in [-0.05, 0) is 19.3 Å². The number of rotatable bonds is 2. The minimum absolute atomic E-state index is 0.0863. The van der Waals surface area contributed by atoms with Crippen LogP contribution in [0.4, 0.5) is 0 Å². The van der Waals surface area contributed by atoms with E-state index in [0.717, 1.165) is 19.3 Å². The topological polar surface area (TPSA) is 26.3 Å². The van der Waals surface area contributed by atoms with E-state index in [1.165, 1.54) is 19.3 Å². The van der Waals surface area contributed by atoms with Gasteiger partial charge >= 0.3 is 5.97 Å². The first-order chi connectivity index (χ1) is 6.33. The number of fused-ring (bicyclic) bond motifs is 1. The van der Waals surface area contributed by atoms with Crippen molar-refractivity contribution in [3.63, 3.8) is 0 Å². The van der Waals surface area contributed by atoms with Crippen LogP contribution in [0.2, 0.25) is 0 Å². The zero-order valence-electron chi connectivity index (χ0n) is 8.29. The molecule has 2 nitrogen and oxygen atoms in total. The molecule has 2 fully saturated rings. The highest BCUT2D eigenvalue weighted by molar-refractivity contribution is 5.75. The Balaban J connectivity index is 2.04. The third-order valence-corrected chi connectivity index (χ3v) is 3.44. The molecule has 1 aliphatic heterocycles. The molecule has 0 bridgehead atoms. The quantitative estimate of drug-likeness (QED) is 0.613. The third-order valence-electron chi connectivity index (χ3n) is 3.44. The number of hydrogen-bond acceptors (Lipinski definition) is 2. The molecule has 13 heavy (non-hydrogen) atoms. The lowest BCUT2D eigenvalue weighted by Gasteiger charge is -2.24.